The Hall–Kier alpha value is -0.610. The van der Waals surface area contributed by atoms with Gasteiger partial charge in [-0.05, 0) is 39.0 Å². The SMILES string of the molecule is CC1CC(C)C(C)N(CC(C)(C)C(=O)NN)C1. The van der Waals surface area contributed by atoms with Crippen LogP contribution in [0.5, 0.6) is 0 Å². The van der Waals surface area contributed by atoms with Crippen molar-refractivity contribution < 1.29 is 4.79 Å². The summed E-state index contributed by atoms with van der Waals surface area (Å²) in [6.45, 7) is 12.6. The van der Waals surface area contributed by atoms with Crippen molar-refractivity contribution in [1.82, 2.24) is 10.3 Å². The number of likely N-dealkylation sites (tertiary alicyclic amines) is 1. The lowest BCUT2D eigenvalue weighted by molar-refractivity contribution is -0.131. The molecular weight excluding hydrogens is 214 g/mol. The third kappa shape index (κ3) is 3.42. The van der Waals surface area contributed by atoms with E-state index in [1.54, 1.807) is 0 Å². The van der Waals surface area contributed by atoms with Crippen LogP contribution < -0.4 is 11.3 Å². The van der Waals surface area contributed by atoms with Crippen molar-refractivity contribution in [3.63, 3.8) is 0 Å². The molecule has 1 aliphatic rings. The topological polar surface area (TPSA) is 58.4 Å². The monoisotopic (exact) mass is 241 g/mol. The Balaban J connectivity index is 2.69. The fraction of sp³-hybridized carbons (Fsp3) is 0.923. The first-order chi connectivity index (χ1) is 7.77. The van der Waals surface area contributed by atoms with Gasteiger partial charge in [-0.2, -0.15) is 0 Å². The Labute approximate surface area is 105 Å². The summed E-state index contributed by atoms with van der Waals surface area (Å²) in [6.07, 6.45) is 1.28. The van der Waals surface area contributed by atoms with Gasteiger partial charge in [-0.1, -0.05) is 13.8 Å². The van der Waals surface area contributed by atoms with Gasteiger partial charge < -0.3 is 0 Å². The summed E-state index contributed by atoms with van der Waals surface area (Å²) in [5.74, 6) is 6.54. The number of hydrazine groups is 1. The largest absolute Gasteiger partial charge is 0.299 e. The normalized spacial score (nSPS) is 31.3. The zero-order valence-corrected chi connectivity index (χ0v) is 11.8. The molecule has 0 spiro atoms. The molecule has 17 heavy (non-hydrogen) atoms. The van der Waals surface area contributed by atoms with E-state index < -0.39 is 5.41 Å². The van der Waals surface area contributed by atoms with Crippen LogP contribution >= 0.6 is 0 Å². The number of nitrogens with two attached hydrogens (primary N) is 1. The van der Waals surface area contributed by atoms with Gasteiger partial charge in [-0.15, -0.1) is 0 Å². The minimum atomic E-state index is -0.431. The van der Waals surface area contributed by atoms with Crippen LogP contribution in [0.1, 0.15) is 41.0 Å². The summed E-state index contributed by atoms with van der Waals surface area (Å²) >= 11 is 0. The first-order valence-corrected chi connectivity index (χ1v) is 6.53. The first-order valence-electron chi connectivity index (χ1n) is 6.53. The second kappa shape index (κ2) is 5.36. The van der Waals surface area contributed by atoms with E-state index in [9.17, 15) is 4.79 Å². The zero-order chi connectivity index (χ0) is 13.2. The summed E-state index contributed by atoms with van der Waals surface area (Å²) in [4.78, 5) is 14.1. The molecule has 1 saturated heterocycles. The molecule has 0 aromatic heterocycles. The second-order valence-electron chi connectivity index (χ2n) is 6.35. The van der Waals surface area contributed by atoms with Gasteiger partial charge in [0.15, 0.2) is 0 Å². The fourth-order valence-electron chi connectivity index (χ4n) is 2.82. The number of hydrogen-bond donors (Lipinski definition) is 2. The molecule has 3 atom stereocenters. The maximum Gasteiger partial charge on any atom is 0.240 e. The minimum Gasteiger partial charge on any atom is -0.299 e. The summed E-state index contributed by atoms with van der Waals surface area (Å²) in [5.41, 5.74) is 1.84. The average molecular weight is 241 g/mol. The number of hydrogen-bond acceptors (Lipinski definition) is 3. The molecule has 0 radical (unpaired) electrons. The molecule has 1 fully saturated rings. The highest BCUT2D eigenvalue weighted by Gasteiger charge is 2.35. The van der Waals surface area contributed by atoms with Crippen LogP contribution in [0.15, 0.2) is 0 Å². The van der Waals surface area contributed by atoms with E-state index in [1.165, 1.54) is 6.42 Å². The predicted octanol–water partition coefficient (Wildman–Crippen LogP) is 1.37. The maximum absolute atomic E-state index is 11.7. The number of carbonyl (C=O) groups is 1. The molecule has 4 nitrogen and oxygen atoms in total. The Kier molecular flexibility index (Phi) is 4.55. The van der Waals surface area contributed by atoms with Crippen molar-refractivity contribution in [2.75, 3.05) is 13.1 Å². The Morgan fingerprint density at radius 1 is 1.41 bits per heavy atom. The number of amides is 1. The van der Waals surface area contributed by atoms with Gasteiger partial charge in [-0.3, -0.25) is 15.1 Å². The van der Waals surface area contributed by atoms with Gasteiger partial charge in [0.1, 0.15) is 0 Å². The molecule has 0 saturated carbocycles. The number of piperidine rings is 1. The van der Waals surface area contributed by atoms with E-state index in [0.29, 0.717) is 17.9 Å². The summed E-state index contributed by atoms with van der Waals surface area (Å²) in [7, 11) is 0. The standard InChI is InChI=1S/C13H27N3O/c1-9-6-10(2)11(3)16(7-9)8-13(4,5)12(17)15-14/h9-11H,6-8,14H2,1-5H3,(H,15,17). The number of nitrogens with zero attached hydrogens (tertiary/aromatic N) is 1. The quantitative estimate of drug-likeness (QED) is 0.446. The van der Waals surface area contributed by atoms with E-state index >= 15 is 0 Å². The third-order valence-electron chi connectivity index (χ3n) is 4.06. The van der Waals surface area contributed by atoms with Crippen LogP contribution in [0.2, 0.25) is 0 Å². The Bertz CT molecular complexity index is 278. The molecule has 0 aliphatic carbocycles. The number of rotatable bonds is 3. The highest BCUT2D eigenvalue weighted by Crippen LogP contribution is 2.29. The van der Waals surface area contributed by atoms with Crippen molar-refractivity contribution in [3.8, 4) is 0 Å². The van der Waals surface area contributed by atoms with E-state index in [0.717, 1.165) is 13.1 Å². The van der Waals surface area contributed by atoms with Crippen LogP contribution in [0, 0.1) is 17.3 Å². The molecule has 1 heterocycles. The molecule has 0 aromatic carbocycles. The lowest BCUT2D eigenvalue weighted by atomic mass is 9.83. The Morgan fingerprint density at radius 2 is 2.00 bits per heavy atom. The number of carbonyl (C=O) groups excluding carboxylic acids is 1. The number of nitrogens with one attached hydrogen (secondary N) is 1. The predicted molar refractivity (Wildman–Crippen MR) is 70.1 cm³/mol. The van der Waals surface area contributed by atoms with Crippen molar-refractivity contribution in [1.29, 1.82) is 0 Å². The summed E-state index contributed by atoms with van der Waals surface area (Å²) < 4.78 is 0. The van der Waals surface area contributed by atoms with Crippen LogP contribution in [0.4, 0.5) is 0 Å². The molecule has 3 unspecified atom stereocenters. The fourth-order valence-corrected chi connectivity index (χ4v) is 2.82. The van der Waals surface area contributed by atoms with E-state index in [4.69, 9.17) is 5.84 Å². The van der Waals surface area contributed by atoms with E-state index in [2.05, 4.69) is 31.1 Å². The highest BCUT2D eigenvalue weighted by atomic mass is 16.2. The van der Waals surface area contributed by atoms with Gasteiger partial charge >= 0.3 is 0 Å². The highest BCUT2D eigenvalue weighted by molar-refractivity contribution is 5.81. The first kappa shape index (κ1) is 14.5. The van der Waals surface area contributed by atoms with Gasteiger partial charge in [0.25, 0.3) is 0 Å². The summed E-state index contributed by atoms with van der Waals surface area (Å²) in [5, 5.41) is 0. The summed E-state index contributed by atoms with van der Waals surface area (Å²) in [6, 6.07) is 0.538. The van der Waals surface area contributed by atoms with Crippen LogP contribution in [0.3, 0.4) is 0 Å². The Morgan fingerprint density at radius 3 is 2.53 bits per heavy atom. The lowest BCUT2D eigenvalue weighted by Crippen LogP contribution is -2.53. The van der Waals surface area contributed by atoms with Gasteiger partial charge in [0, 0.05) is 19.1 Å². The zero-order valence-electron chi connectivity index (χ0n) is 11.8. The molecular formula is C13H27N3O. The molecule has 3 N–H and O–H groups in total. The molecule has 100 valence electrons. The molecule has 1 aliphatic heterocycles. The molecule has 4 heteroatoms. The van der Waals surface area contributed by atoms with Gasteiger partial charge in [-0.25, -0.2) is 5.84 Å². The van der Waals surface area contributed by atoms with Crippen molar-refractivity contribution in [2.24, 2.45) is 23.1 Å². The van der Waals surface area contributed by atoms with Crippen molar-refractivity contribution >= 4 is 5.91 Å². The smallest absolute Gasteiger partial charge is 0.240 e. The molecule has 0 bridgehead atoms. The van der Waals surface area contributed by atoms with Crippen LogP contribution in [-0.2, 0) is 4.79 Å². The van der Waals surface area contributed by atoms with Crippen molar-refractivity contribution in [2.45, 2.75) is 47.1 Å². The molecule has 1 amide bonds. The van der Waals surface area contributed by atoms with Crippen molar-refractivity contribution in [3.05, 3.63) is 0 Å². The maximum atomic E-state index is 11.7. The van der Waals surface area contributed by atoms with Gasteiger partial charge in [0.05, 0.1) is 5.41 Å². The van der Waals surface area contributed by atoms with Crippen LogP contribution in [-0.4, -0.2) is 29.9 Å². The van der Waals surface area contributed by atoms with E-state index in [1.807, 2.05) is 13.8 Å². The van der Waals surface area contributed by atoms with Crippen LogP contribution in [0.25, 0.3) is 0 Å². The second-order valence-corrected chi connectivity index (χ2v) is 6.35. The van der Waals surface area contributed by atoms with E-state index in [-0.39, 0.29) is 5.91 Å². The lowest BCUT2D eigenvalue weighted by Gasteiger charge is -2.44. The van der Waals surface area contributed by atoms with Gasteiger partial charge in [0.2, 0.25) is 5.91 Å². The minimum absolute atomic E-state index is 0.0874. The average Bonchev–Trinajstić information content (AvgIpc) is 2.23. The molecule has 1 rings (SSSR count). The molecule has 0 aromatic rings. The third-order valence-corrected chi connectivity index (χ3v) is 4.06.